The summed E-state index contributed by atoms with van der Waals surface area (Å²) in [6.07, 6.45) is -0.642. The van der Waals surface area contributed by atoms with E-state index in [2.05, 4.69) is 0 Å². The predicted molar refractivity (Wildman–Crippen MR) is 89.0 cm³/mol. The van der Waals surface area contributed by atoms with Gasteiger partial charge in [0.25, 0.3) is 5.91 Å². The molecule has 120 valence electrons. The zero-order valence-electron chi connectivity index (χ0n) is 13.0. The number of benzene rings is 2. The Labute approximate surface area is 140 Å². The molecule has 2 aromatic carbocycles. The topological polar surface area (TPSA) is 38.8 Å². The van der Waals surface area contributed by atoms with Crippen LogP contribution < -0.4 is 9.47 Å². The van der Waals surface area contributed by atoms with Crippen LogP contribution in [-0.2, 0) is 4.79 Å². The van der Waals surface area contributed by atoms with Gasteiger partial charge < -0.3 is 14.4 Å². The van der Waals surface area contributed by atoms with E-state index in [0.29, 0.717) is 16.5 Å². The molecule has 5 heteroatoms. The average Bonchev–Trinajstić information content (AvgIpc) is 2.59. The van der Waals surface area contributed by atoms with E-state index in [0.717, 1.165) is 5.56 Å². The second-order valence-corrected chi connectivity index (χ2v) is 5.98. The molecule has 4 nitrogen and oxygen atoms in total. The third kappa shape index (κ3) is 3.27. The van der Waals surface area contributed by atoms with Gasteiger partial charge in [-0.05, 0) is 36.8 Å². The lowest BCUT2D eigenvalue weighted by Gasteiger charge is -2.32. The third-order valence-corrected chi connectivity index (χ3v) is 4.28. The minimum absolute atomic E-state index is 0.109. The normalized spacial score (nSPS) is 17.4. The Morgan fingerprint density at radius 1 is 1.22 bits per heavy atom. The van der Waals surface area contributed by atoms with Crippen molar-refractivity contribution in [2.75, 3.05) is 13.7 Å². The number of likely N-dealkylation sites (N-methyl/N-ethyl adjacent to an activating group) is 1. The van der Waals surface area contributed by atoms with Crippen molar-refractivity contribution >= 4 is 17.5 Å². The van der Waals surface area contributed by atoms with E-state index in [1.807, 2.05) is 49.4 Å². The highest BCUT2D eigenvalue weighted by Crippen LogP contribution is 2.32. The molecule has 0 aromatic heterocycles. The molecule has 1 amide bonds. The van der Waals surface area contributed by atoms with Crippen molar-refractivity contribution in [2.45, 2.75) is 19.1 Å². The highest BCUT2D eigenvalue weighted by atomic mass is 35.5. The Balaban J connectivity index is 1.73. The second-order valence-electron chi connectivity index (χ2n) is 5.54. The van der Waals surface area contributed by atoms with Gasteiger partial charge in [-0.3, -0.25) is 4.79 Å². The molecule has 1 aliphatic rings. The Hall–Kier alpha value is -2.20. The lowest BCUT2D eigenvalue weighted by Crippen LogP contribution is -2.45. The monoisotopic (exact) mass is 331 g/mol. The van der Waals surface area contributed by atoms with Crippen LogP contribution >= 0.6 is 11.6 Å². The van der Waals surface area contributed by atoms with E-state index in [4.69, 9.17) is 21.1 Å². The third-order valence-electron chi connectivity index (χ3n) is 4.04. The summed E-state index contributed by atoms with van der Waals surface area (Å²) in [6.45, 7) is 2.17. The van der Waals surface area contributed by atoms with Gasteiger partial charge in [-0.1, -0.05) is 35.9 Å². The van der Waals surface area contributed by atoms with Gasteiger partial charge in [0, 0.05) is 12.1 Å². The fourth-order valence-corrected chi connectivity index (χ4v) is 2.75. The number of carbonyl (C=O) groups is 1. The number of nitrogens with zero attached hydrogens (tertiary/aromatic N) is 1. The quantitative estimate of drug-likeness (QED) is 0.860. The van der Waals surface area contributed by atoms with Gasteiger partial charge in [0.1, 0.15) is 6.61 Å². The van der Waals surface area contributed by atoms with Crippen molar-refractivity contribution in [3.63, 3.8) is 0 Å². The summed E-state index contributed by atoms with van der Waals surface area (Å²) in [5, 5.41) is 0.654. The van der Waals surface area contributed by atoms with E-state index in [1.165, 1.54) is 0 Å². The van der Waals surface area contributed by atoms with Crippen molar-refractivity contribution in [2.24, 2.45) is 0 Å². The van der Waals surface area contributed by atoms with E-state index in [-0.39, 0.29) is 18.6 Å². The molecule has 23 heavy (non-hydrogen) atoms. The maximum atomic E-state index is 12.7. The van der Waals surface area contributed by atoms with Crippen LogP contribution in [0.3, 0.4) is 0 Å². The second kappa shape index (κ2) is 6.50. The van der Waals surface area contributed by atoms with Crippen LogP contribution in [0.5, 0.6) is 11.5 Å². The molecule has 1 aliphatic heterocycles. The van der Waals surface area contributed by atoms with Crippen LogP contribution in [0.4, 0.5) is 0 Å². The van der Waals surface area contributed by atoms with E-state index in [1.54, 1.807) is 18.0 Å². The van der Waals surface area contributed by atoms with Gasteiger partial charge in [-0.25, -0.2) is 0 Å². The van der Waals surface area contributed by atoms with Gasteiger partial charge in [0.15, 0.2) is 11.5 Å². The zero-order valence-corrected chi connectivity index (χ0v) is 13.8. The number of carbonyl (C=O) groups excluding carboxylic acids is 1. The Morgan fingerprint density at radius 3 is 2.70 bits per heavy atom. The molecule has 2 unspecified atom stereocenters. The van der Waals surface area contributed by atoms with Crippen LogP contribution in [0.25, 0.3) is 0 Å². The molecule has 0 bridgehead atoms. The van der Waals surface area contributed by atoms with Gasteiger partial charge in [0.2, 0.25) is 6.10 Å². The number of para-hydroxylation sites is 2. The minimum atomic E-state index is -0.642. The Kier molecular flexibility index (Phi) is 4.44. The fraction of sp³-hybridized carbons (Fsp3) is 0.278. The molecule has 0 aliphatic carbocycles. The summed E-state index contributed by atoms with van der Waals surface area (Å²) >= 11 is 6.03. The molecular formula is C18H18ClNO3. The first kappa shape index (κ1) is 15.7. The van der Waals surface area contributed by atoms with Crippen molar-refractivity contribution < 1.29 is 14.3 Å². The number of ether oxygens (including phenoxy) is 2. The summed E-state index contributed by atoms with van der Waals surface area (Å²) in [5.74, 6) is 1.15. The molecule has 1 heterocycles. The Morgan fingerprint density at radius 2 is 1.96 bits per heavy atom. The molecule has 0 saturated heterocycles. The molecule has 0 fully saturated rings. The Bertz CT molecular complexity index is 719. The standard InChI is InChI=1S/C18H18ClNO3/c1-12(13-6-5-7-14(19)10-13)20(2)18(21)17-11-22-15-8-3-4-9-16(15)23-17/h3-10,12,17H,11H2,1-2H3. The maximum Gasteiger partial charge on any atom is 0.267 e. The van der Waals surface area contributed by atoms with Crippen LogP contribution in [0.15, 0.2) is 48.5 Å². The summed E-state index contributed by atoms with van der Waals surface area (Å²) in [4.78, 5) is 14.4. The number of fused-ring (bicyclic) bond motifs is 1. The highest BCUT2D eigenvalue weighted by Gasteiger charge is 2.31. The van der Waals surface area contributed by atoms with Crippen LogP contribution in [0.2, 0.25) is 5.02 Å². The van der Waals surface area contributed by atoms with Crippen molar-refractivity contribution in [3.05, 3.63) is 59.1 Å². The molecule has 0 radical (unpaired) electrons. The summed E-state index contributed by atoms with van der Waals surface area (Å²) in [6, 6.07) is 14.8. The van der Waals surface area contributed by atoms with Gasteiger partial charge in [-0.15, -0.1) is 0 Å². The molecule has 0 spiro atoms. The van der Waals surface area contributed by atoms with Crippen LogP contribution in [-0.4, -0.2) is 30.6 Å². The lowest BCUT2D eigenvalue weighted by atomic mass is 10.1. The first-order valence-corrected chi connectivity index (χ1v) is 7.84. The predicted octanol–water partition coefficient (Wildman–Crippen LogP) is 3.70. The van der Waals surface area contributed by atoms with E-state index >= 15 is 0 Å². The number of rotatable bonds is 3. The molecule has 0 saturated carbocycles. The van der Waals surface area contributed by atoms with Crippen LogP contribution in [0, 0.1) is 0 Å². The number of hydrogen-bond acceptors (Lipinski definition) is 3. The summed E-state index contributed by atoms with van der Waals surface area (Å²) in [5.41, 5.74) is 0.977. The smallest absolute Gasteiger partial charge is 0.267 e. The first-order valence-electron chi connectivity index (χ1n) is 7.47. The fourth-order valence-electron chi connectivity index (χ4n) is 2.55. The van der Waals surface area contributed by atoms with Crippen molar-refractivity contribution in [1.82, 2.24) is 4.90 Å². The SMILES string of the molecule is CC(c1cccc(Cl)c1)N(C)C(=O)C1COc2ccccc2O1. The summed E-state index contributed by atoms with van der Waals surface area (Å²) < 4.78 is 11.4. The molecular weight excluding hydrogens is 314 g/mol. The number of halogens is 1. The molecule has 2 aromatic rings. The van der Waals surface area contributed by atoms with Crippen molar-refractivity contribution in [3.8, 4) is 11.5 Å². The zero-order chi connectivity index (χ0) is 16.4. The average molecular weight is 332 g/mol. The van der Waals surface area contributed by atoms with Crippen molar-refractivity contribution in [1.29, 1.82) is 0 Å². The van der Waals surface area contributed by atoms with E-state index in [9.17, 15) is 4.79 Å². The first-order chi connectivity index (χ1) is 11.1. The van der Waals surface area contributed by atoms with Gasteiger partial charge in [0.05, 0.1) is 6.04 Å². The number of amides is 1. The van der Waals surface area contributed by atoms with E-state index < -0.39 is 6.10 Å². The summed E-state index contributed by atoms with van der Waals surface area (Å²) in [7, 11) is 1.76. The lowest BCUT2D eigenvalue weighted by molar-refractivity contribution is -0.141. The molecule has 2 atom stereocenters. The number of hydrogen-bond donors (Lipinski definition) is 0. The van der Waals surface area contributed by atoms with Gasteiger partial charge in [-0.2, -0.15) is 0 Å². The molecule has 3 rings (SSSR count). The van der Waals surface area contributed by atoms with Crippen LogP contribution in [0.1, 0.15) is 18.5 Å². The minimum Gasteiger partial charge on any atom is -0.485 e. The maximum absolute atomic E-state index is 12.7. The molecule has 0 N–H and O–H groups in total. The highest BCUT2D eigenvalue weighted by molar-refractivity contribution is 6.30. The largest absolute Gasteiger partial charge is 0.485 e. The van der Waals surface area contributed by atoms with Gasteiger partial charge >= 0.3 is 0 Å².